The number of pyridine rings is 1. The third kappa shape index (κ3) is 2.87. The zero-order valence-electron chi connectivity index (χ0n) is 10.1. The number of carbonyl (C=O) groups is 1. The highest BCUT2D eigenvalue weighted by atomic mass is 16.5. The van der Waals surface area contributed by atoms with Crippen LogP contribution in [0.1, 0.15) is 12.8 Å². The standard InChI is InChI=1S/C12H17N3O2/c1-15-8-9(6-7-12(15)16)13-10-4-3-5-11(14-10)17-2/h3-5,9H,6-8H2,1-2H3,(H,13,14). The van der Waals surface area contributed by atoms with Crippen LogP contribution in [0.15, 0.2) is 18.2 Å². The molecule has 2 rings (SSSR count). The van der Waals surface area contributed by atoms with Crippen molar-refractivity contribution in [2.45, 2.75) is 18.9 Å². The SMILES string of the molecule is COc1cccc(NC2CCC(=O)N(C)C2)n1. The third-order valence-corrected chi connectivity index (χ3v) is 2.91. The van der Waals surface area contributed by atoms with Crippen molar-refractivity contribution in [2.24, 2.45) is 0 Å². The van der Waals surface area contributed by atoms with Crippen molar-refractivity contribution in [1.29, 1.82) is 0 Å². The minimum Gasteiger partial charge on any atom is -0.481 e. The average molecular weight is 235 g/mol. The second-order valence-corrected chi connectivity index (χ2v) is 4.22. The van der Waals surface area contributed by atoms with Gasteiger partial charge in [-0.1, -0.05) is 6.07 Å². The first-order valence-corrected chi connectivity index (χ1v) is 5.70. The summed E-state index contributed by atoms with van der Waals surface area (Å²) in [5.74, 6) is 1.59. The molecule has 0 aromatic carbocycles. The van der Waals surface area contributed by atoms with Crippen LogP contribution in [0.4, 0.5) is 5.82 Å². The molecular formula is C12H17N3O2. The number of carbonyl (C=O) groups excluding carboxylic acids is 1. The fraction of sp³-hybridized carbons (Fsp3) is 0.500. The van der Waals surface area contributed by atoms with Crippen molar-refractivity contribution in [2.75, 3.05) is 26.0 Å². The Balaban J connectivity index is 1.98. The molecule has 1 aliphatic rings. The van der Waals surface area contributed by atoms with Crippen molar-refractivity contribution in [3.63, 3.8) is 0 Å². The van der Waals surface area contributed by atoms with Gasteiger partial charge in [-0.3, -0.25) is 4.79 Å². The van der Waals surface area contributed by atoms with E-state index in [1.807, 2.05) is 25.2 Å². The van der Waals surface area contributed by atoms with Gasteiger partial charge in [0.2, 0.25) is 11.8 Å². The van der Waals surface area contributed by atoms with E-state index in [2.05, 4.69) is 10.3 Å². The number of ether oxygens (including phenoxy) is 1. The van der Waals surface area contributed by atoms with Gasteiger partial charge in [0.15, 0.2) is 0 Å². The third-order valence-electron chi connectivity index (χ3n) is 2.91. The number of hydrogen-bond acceptors (Lipinski definition) is 4. The molecule has 1 N–H and O–H groups in total. The summed E-state index contributed by atoms with van der Waals surface area (Å²) in [6.45, 7) is 0.720. The molecule has 92 valence electrons. The molecule has 1 aromatic rings. The highest BCUT2D eigenvalue weighted by molar-refractivity contribution is 5.77. The van der Waals surface area contributed by atoms with E-state index in [4.69, 9.17) is 4.74 Å². The van der Waals surface area contributed by atoms with Gasteiger partial charge < -0.3 is 15.0 Å². The lowest BCUT2D eigenvalue weighted by Gasteiger charge is -2.30. The number of nitrogens with one attached hydrogen (secondary N) is 1. The van der Waals surface area contributed by atoms with Crippen LogP contribution in [0, 0.1) is 0 Å². The van der Waals surface area contributed by atoms with Crippen LogP contribution in [0.5, 0.6) is 5.88 Å². The first kappa shape index (κ1) is 11.7. The van der Waals surface area contributed by atoms with Crippen molar-refractivity contribution >= 4 is 11.7 Å². The highest BCUT2D eigenvalue weighted by Crippen LogP contribution is 2.16. The van der Waals surface area contributed by atoms with E-state index in [1.165, 1.54) is 0 Å². The maximum Gasteiger partial charge on any atom is 0.222 e. The predicted molar refractivity (Wildman–Crippen MR) is 65.1 cm³/mol. The molecule has 5 nitrogen and oxygen atoms in total. The number of rotatable bonds is 3. The van der Waals surface area contributed by atoms with E-state index in [1.54, 1.807) is 12.0 Å². The van der Waals surface area contributed by atoms with E-state index in [-0.39, 0.29) is 11.9 Å². The lowest BCUT2D eigenvalue weighted by Crippen LogP contribution is -2.43. The molecule has 17 heavy (non-hydrogen) atoms. The smallest absolute Gasteiger partial charge is 0.222 e. The van der Waals surface area contributed by atoms with Crippen LogP contribution in [0.25, 0.3) is 0 Å². The Hall–Kier alpha value is -1.78. The van der Waals surface area contributed by atoms with E-state index >= 15 is 0 Å². The van der Waals surface area contributed by atoms with Crippen molar-refractivity contribution in [3.05, 3.63) is 18.2 Å². The molecule has 1 fully saturated rings. The molecule has 1 aliphatic heterocycles. The van der Waals surface area contributed by atoms with Gasteiger partial charge in [-0.15, -0.1) is 0 Å². The highest BCUT2D eigenvalue weighted by Gasteiger charge is 2.22. The molecule has 1 unspecified atom stereocenters. The molecule has 0 bridgehead atoms. The predicted octanol–water partition coefficient (Wildman–Crippen LogP) is 1.12. The molecule has 0 saturated carbocycles. The lowest BCUT2D eigenvalue weighted by atomic mass is 10.1. The Morgan fingerprint density at radius 2 is 2.35 bits per heavy atom. The minimum absolute atomic E-state index is 0.210. The molecule has 0 radical (unpaired) electrons. The number of methoxy groups -OCH3 is 1. The molecular weight excluding hydrogens is 218 g/mol. The van der Waals surface area contributed by atoms with Crippen LogP contribution < -0.4 is 10.1 Å². The molecule has 1 atom stereocenters. The second kappa shape index (κ2) is 5.03. The first-order chi connectivity index (χ1) is 8.19. The van der Waals surface area contributed by atoms with Gasteiger partial charge in [-0.05, 0) is 12.5 Å². The fourth-order valence-electron chi connectivity index (χ4n) is 1.95. The minimum atomic E-state index is 0.210. The Labute approximate surface area is 101 Å². The maximum absolute atomic E-state index is 11.4. The van der Waals surface area contributed by atoms with E-state index in [9.17, 15) is 4.79 Å². The Bertz CT molecular complexity index is 408. The topological polar surface area (TPSA) is 54.5 Å². The number of likely N-dealkylation sites (tertiary alicyclic amines) is 1. The number of anilines is 1. The molecule has 1 saturated heterocycles. The van der Waals surface area contributed by atoms with Gasteiger partial charge >= 0.3 is 0 Å². The number of amides is 1. The summed E-state index contributed by atoms with van der Waals surface area (Å²) in [5.41, 5.74) is 0. The van der Waals surface area contributed by atoms with Crippen molar-refractivity contribution in [3.8, 4) is 5.88 Å². The van der Waals surface area contributed by atoms with Gasteiger partial charge in [0.05, 0.1) is 7.11 Å². The average Bonchev–Trinajstić information content (AvgIpc) is 2.34. The van der Waals surface area contributed by atoms with Crippen LogP contribution in [-0.2, 0) is 4.79 Å². The van der Waals surface area contributed by atoms with Crippen LogP contribution in [0.2, 0.25) is 0 Å². The molecule has 0 spiro atoms. The molecule has 1 aromatic heterocycles. The zero-order valence-corrected chi connectivity index (χ0v) is 10.1. The molecule has 2 heterocycles. The summed E-state index contributed by atoms with van der Waals surface area (Å²) in [5, 5.41) is 3.32. The summed E-state index contributed by atoms with van der Waals surface area (Å²) in [7, 11) is 3.42. The number of aromatic nitrogens is 1. The molecule has 5 heteroatoms. The van der Waals surface area contributed by atoms with Crippen molar-refractivity contribution < 1.29 is 9.53 Å². The van der Waals surface area contributed by atoms with E-state index < -0.39 is 0 Å². The van der Waals surface area contributed by atoms with Crippen LogP contribution in [-0.4, -0.2) is 42.5 Å². The Morgan fingerprint density at radius 1 is 1.53 bits per heavy atom. The summed E-state index contributed by atoms with van der Waals surface area (Å²) >= 11 is 0. The van der Waals surface area contributed by atoms with Crippen LogP contribution in [0.3, 0.4) is 0 Å². The molecule has 0 aliphatic carbocycles. The quantitative estimate of drug-likeness (QED) is 0.853. The van der Waals surface area contributed by atoms with Gasteiger partial charge in [-0.2, -0.15) is 4.98 Å². The zero-order chi connectivity index (χ0) is 12.3. The summed E-state index contributed by atoms with van der Waals surface area (Å²) in [4.78, 5) is 17.4. The Morgan fingerprint density at radius 3 is 3.06 bits per heavy atom. The first-order valence-electron chi connectivity index (χ1n) is 5.70. The summed E-state index contributed by atoms with van der Waals surface area (Å²) in [6, 6.07) is 5.87. The second-order valence-electron chi connectivity index (χ2n) is 4.22. The number of piperidine rings is 1. The van der Waals surface area contributed by atoms with E-state index in [0.717, 1.165) is 18.8 Å². The maximum atomic E-state index is 11.4. The van der Waals surface area contributed by atoms with Crippen molar-refractivity contribution in [1.82, 2.24) is 9.88 Å². The number of nitrogens with zero attached hydrogens (tertiary/aromatic N) is 2. The lowest BCUT2D eigenvalue weighted by molar-refractivity contribution is -0.132. The van der Waals surface area contributed by atoms with Gasteiger partial charge in [-0.25, -0.2) is 0 Å². The summed E-state index contributed by atoms with van der Waals surface area (Å²) in [6.07, 6.45) is 1.44. The van der Waals surface area contributed by atoms with Gasteiger partial charge in [0, 0.05) is 32.1 Å². The summed E-state index contributed by atoms with van der Waals surface area (Å²) < 4.78 is 5.07. The Kier molecular flexibility index (Phi) is 3.46. The monoisotopic (exact) mass is 235 g/mol. The van der Waals surface area contributed by atoms with E-state index in [0.29, 0.717) is 12.3 Å². The fourth-order valence-corrected chi connectivity index (χ4v) is 1.95. The molecule has 1 amide bonds. The van der Waals surface area contributed by atoms with Gasteiger partial charge in [0.25, 0.3) is 0 Å². The normalized spacial score (nSPS) is 20.2. The van der Waals surface area contributed by atoms with Crippen LogP contribution >= 0.6 is 0 Å². The number of likely N-dealkylation sites (N-methyl/N-ethyl adjacent to an activating group) is 1. The largest absolute Gasteiger partial charge is 0.481 e. The van der Waals surface area contributed by atoms with Gasteiger partial charge in [0.1, 0.15) is 5.82 Å². The number of hydrogen-bond donors (Lipinski definition) is 1.